The molecule has 0 spiro atoms. The fraction of sp³-hybridized carbons (Fsp3) is 0.476. The second-order valence-electron chi connectivity index (χ2n) is 7.30. The van der Waals surface area contributed by atoms with Gasteiger partial charge in [-0.15, -0.1) is 10.2 Å². The predicted molar refractivity (Wildman–Crippen MR) is 125 cm³/mol. The number of halogens is 2. The van der Waals surface area contributed by atoms with E-state index in [4.69, 9.17) is 4.74 Å². The predicted octanol–water partition coefficient (Wildman–Crippen LogP) is 3.16. The van der Waals surface area contributed by atoms with E-state index in [1.807, 2.05) is 49.5 Å². The van der Waals surface area contributed by atoms with Gasteiger partial charge in [-0.1, -0.05) is 41.2 Å². The van der Waals surface area contributed by atoms with E-state index in [0.29, 0.717) is 29.6 Å². The molecule has 3 unspecified atom stereocenters. The van der Waals surface area contributed by atoms with E-state index in [-0.39, 0.29) is 18.2 Å². The van der Waals surface area contributed by atoms with Crippen LogP contribution in [0.1, 0.15) is 43.7 Å². The summed E-state index contributed by atoms with van der Waals surface area (Å²) in [7, 11) is 0. The number of alkyl halides is 2. The number of nitrogens with zero attached hydrogens (tertiary/aromatic N) is 6. The highest BCUT2D eigenvalue weighted by Gasteiger charge is 2.24. The maximum atomic E-state index is 12.9. The van der Waals surface area contributed by atoms with Gasteiger partial charge >= 0.3 is 6.55 Å². The zero-order chi connectivity index (χ0) is 23.5. The number of hydrogen-bond donors (Lipinski definition) is 2. The number of ether oxygens (including phenoxy) is 1. The summed E-state index contributed by atoms with van der Waals surface area (Å²) in [6, 6.07) is 8.92. The van der Waals surface area contributed by atoms with Gasteiger partial charge in [0.1, 0.15) is 6.23 Å². The van der Waals surface area contributed by atoms with Crippen LogP contribution < -0.4 is 10.6 Å². The van der Waals surface area contributed by atoms with Gasteiger partial charge in [-0.05, 0) is 42.8 Å². The molecule has 12 heteroatoms. The van der Waals surface area contributed by atoms with Crippen LogP contribution in [0.5, 0.6) is 0 Å². The minimum absolute atomic E-state index is 0.0127. The van der Waals surface area contributed by atoms with E-state index >= 15 is 0 Å². The molecular weight excluding hydrogens is 450 g/mol. The third-order valence-corrected chi connectivity index (χ3v) is 6.04. The second-order valence-corrected chi connectivity index (χ2v) is 8.33. The Morgan fingerprint density at radius 1 is 1.30 bits per heavy atom. The molecule has 0 amide bonds. The van der Waals surface area contributed by atoms with Crippen molar-refractivity contribution in [3.63, 3.8) is 0 Å². The fourth-order valence-corrected chi connectivity index (χ4v) is 4.01. The Bertz CT molecular complexity index is 903. The van der Waals surface area contributed by atoms with E-state index in [1.54, 1.807) is 6.20 Å². The Kier molecular flexibility index (Phi) is 10.1. The van der Waals surface area contributed by atoms with Crippen LogP contribution in [-0.4, -0.2) is 63.8 Å². The molecule has 2 heterocycles. The molecule has 0 aliphatic carbocycles. The number of rotatable bonds is 14. The average molecular weight is 479 g/mol. The molecule has 0 radical (unpaired) electrons. The molecule has 1 aliphatic heterocycles. The molecule has 1 aromatic heterocycles. The molecule has 2 aromatic rings. The van der Waals surface area contributed by atoms with Crippen molar-refractivity contribution < 1.29 is 13.5 Å². The third-order valence-electron chi connectivity index (χ3n) is 4.93. The third kappa shape index (κ3) is 7.77. The van der Waals surface area contributed by atoms with Crippen molar-refractivity contribution in [3.8, 4) is 0 Å². The monoisotopic (exact) mass is 478 g/mol. The van der Waals surface area contributed by atoms with Gasteiger partial charge in [-0.3, -0.25) is 10.3 Å². The van der Waals surface area contributed by atoms with E-state index in [0.717, 1.165) is 12.0 Å². The lowest BCUT2D eigenvalue weighted by atomic mass is 10.1. The second kappa shape index (κ2) is 13.2. The molecule has 2 N–H and O–H groups in total. The van der Waals surface area contributed by atoms with Crippen molar-refractivity contribution >= 4 is 24.9 Å². The molecular formula is C21H28F2N8OS. The Hall–Kier alpha value is -2.54. The fourth-order valence-electron chi connectivity index (χ4n) is 3.27. The summed E-state index contributed by atoms with van der Waals surface area (Å²) in [5, 5.41) is 18.1. The highest BCUT2D eigenvalue weighted by Crippen LogP contribution is 2.26. The molecule has 4 atom stereocenters. The summed E-state index contributed by atoms with van der Waals surface area (Å²) in [6.45, 7) is 3.73. The molecule has 3 rings (SSSR count). The van der Waals surface area contributed by atoms with Crippen LogP contribution in [0.2, 0.25) is 0 Å². The number of nitrogens with one attached hydrogen (secondary N) is 2. The number of benzene rings is 1. The van der Waals surface area contributed by atoms with Crippen LogP contribution in [0.3, 0.4) is 0 Å². The summed E-state index contributed by atoms with van der Waals surface area (Å²) in [6.07, 6.45) is 6.72. The normalized spacial score (nSPS) is 18.7. The van der Waals surface area contributed by atoms with Crippen LogP contribution in [-0.2, 0) is 4.74 Å². The van der Waals surface area contributed by atoms with Crippen LogP contribution in [0.25, 0.3) is 0 Å². The Morgan fingerprint density at radius 3 is 2.76 bits per heavy atom. The highest BCUT2D eigenvalue weighted by molar-refractivity contribution is 7.99. The smallest absolute Gasteiger partial charge is 0.350 e. The minimum Gasteiger partial charge on any atom is -0.359 e. The summed E-state index contributed by atoms with van der Waals surface area (Å²) < 4.78 is 36.3. The van der Waals surface area contributed by atoms with Crippen LogP contribution in [0.4, 0.5) is 8.78 Å². The Morgan fingerprint density at radius 2 is 2.09 bits per heavy atom. The van der Waals surface area contributed by atoms with Gasteiger partial charge in [-0.2, -0.15) is 8.78 Å². The standard InChI is InChI=1S/C21H28F2N8OS/c1-15(17-10-12-27-33-17)32-18(9-6-11-24-2)25-13-14-26-19(16-7-4-3-5-8-16)20-28-30-31(29-20)21(22)23/h3-8,11-12,15,17-19,21,25-26H,2,9-10,13-14H2,1H3/b11-6-/t15-,17?,18?,19?/m0/s1. The first-order valence-corrected chi connectivity index (χ1v) is 11.5. The van der Waals surface area contributed by atoms with Gasteiger partial charge in [-0.25, -0.2) is 4.40 Å². The zero-order valence-electron chi connectivity index (χ0n) is 18.3. The average Bonchev–Trinajstić information content (AvgIpc) is 3.52. The number of tetrazole rings is 1. The topological polar surface area (TPSA) is 102 Å². The zero-order valence-corrected chi connectivity index (χ0v) is 19.1. The van der Waals surface area contributed by atoms with Gasteiger partial charge < -0.3 is 10.1 Å². The molecule has 33 heavy (non-hydrogen) atoms. The summed E-state index contributed by atoms with van der Waals surface area (Å²) in [5.74, 6) is 0.182. The van der Waals surface area contributed by atoms with E-state index in [1.165, 1.54) is 11.9 Å². The molecule has 9 nitrogen and oxygen atoms in total. The first kappa shape index (κ1) is 25.1. The quantitative estimate of drug-likeness (QED) is 0.186. The number of hydrogen-bond acceptors (Lipinski definition) is 9. The maximum Gasteiger partial charge on any atom is 0.350 e. The van der Waals surface area contributed by atoms with Crippen molar-refractivity contribution in [2.45, 2.75) is 49.9 Å². The molecule has 0 bridgehead atoms. The highest BCUT2D eigenvalue weighted by atomic mass is 32.2. The van der Waals surface area contributed by atoms with Gasteiger partial charge in [0.25, 0.3) is 0 Å². The molecule has 0 saturated carbocycles. The SMILES string of the molecule is C=N/C=C\CC(NCCNC(c1ccccc1)c1nnn(C(F)F)n1)O[C@@H](C)C1CC=NS1. The largest absolute Gasteiger partial charge is 0.359 e. The van der Waals surface area contributed by atoms with Crippen molar-refractivity contribution in [1.29, 1.82) is 0 Å². The van der Waals surface area contributed by atoms with Crippen LogP contribution in [0.15, 0.2) is 52.0 Å². The maximum absolute atomic E-state index is 12.9. The molecule has 178 valence electrons. The minimum atomic E-state index is -2.84. The first-order valence-electron chi connectivity index (χ1n) is 10.6. The molecule has 1 aromatic carbocycles. The molecule has 0 saturated heterocycles. The summed E-state index contributed by atoms with van der Waals surface area (Å²) in [5.41, 5.74) is 0.853. The van der Waals surface area contributed by atoms with Gasteiger partial charge in [0.2, 0.25) is 0 Å². The van der Waals surface area contributed by atoms with Crippen molar-refractivity contribution in [3.05, 3.63) is 54.0 Å². The van der Waals surface area contributed by atoms with Gasteiger partial charge in [0.15, 0.2) is 5.82 Å². The van der Waals surface area contributed by atoms with E-state index in [9.17, 15) is 8.78 Å². The molecule has 1 aliphatic rings. The number of aliphatic imine (C=N–C) groups is 1. The number of aromatic nitrogens is 4. The van der Waals surface area contributed by atoms with Gasteiger partial charge in [0.05, 0.1) is 17.4 Å². The molecule has 0 fully saturated rings. The lowest BCUT2D eigenvalue weighted by molar-refractivity contribution is -0.0183. The van der Waals surface area contributed by atoms with Crippen molar-refractivity contribution in [1.82, 2.24) is 30.8 Å². The van der Waals surface area contributed by atoms with E-state index < -0.39 is 12.6 Å². The summed E-state index contributed by atoms with van der Waals surface area (Å²) in [4.78, 5) is 4.05. The Labute approximate surface area is 195 Å². The summed E-state index contributed by atoms with van der Waals surface area (Å²) >= 11 is 1.53. The lowest BCUT2D eigenvalue weighted by Gasteiger charge is -2.26. The van der Waals surface area contributed by atoms with Crippen LogP contribution in [0, 0.1) is 0 Å². The van der Waals surface area contributed by atoms with Crippen molar-refractivity contribution in [2.24, 2.45) is 9.39 Å². The van der Waals surface area contributed by atoms with Gasteiger partial charge in [0, 0.05) is 31.9 Å². The lowest BCUT2D eigenvalue weighted by Crippen LogP contribution is -2.41. The van der Waals surface area contributed by atoms with Crippen molar-refractivity contribution in [2.75, 3.05) is 13.1 Å². The van der Waals surface area contributed by atoms with Crippen LogP contribution >= 0.6 is 11.9 Å². The Balaban J connectivity index is 1.58. The first-order chi connectivity index (χ1) is 16.1. The van der Waals surface area contributed by atoms with E-state index in [2.05, 4.69) is 42.2 Å².